The van der Waals surface area contributed by atoms with Gasteiger partial charge in [0.2, 0.25) is 5.91 Å². The van der Waals surface area contributed by atoms with Gasteiger partial charge in [0.05, 0.1) is 6.04 Å². The molecule has 72 valence electrons. The van der Waals surface area contributed by atoms with E-state index in [1.807, 2.05) is 0 Å². The van der Waals surface area contributed by atoms with E-state index in [0.29, 0.717) is 6.54 Å². The molecular formula is C8H19N3O. The van der Waals surface area contributed by atoms with Crippen LogP contribution in [-0.2, 0) is 4.79 Å². The Labute approximate surface area is 73.7 Å². The first-order chi connectivity index (χ1) is 5.68. The molecule has 5 N–H and O–H groups in total. The second-order valence-corrected chi connectivity index (χ2v) is 2.93. The summed E-state index contributed by atoms with van der Waals surface area (Å²) in [5, 5.41) is 2.74. The number of unbranched alkanes of at least 4 members (excludes halogenated alkanes) is 2. The predicted molar refractivity (Wildman–Crippen MR) is 49.6 cm³/mol. The van der Waals surface area contributed by atoms with Crippen LogP contribution in [0, 0.1) is 0 Å². The highest BCUT2D eigenvalue weighted by Crippen LogP contribution is 1.90. The van der Waals surface area contributed by atoms with E-state index < -0.39 is 6.04 Å². The van der Waals surface area contributed by atoms with Crippen LogP contribution in [0.5, 0.6) is 0 Å². The minimum absolute atomic E-state index is 0.0808. The van der Waals surface area contributed by atoms with Gasteiger partial charge in [0.25, 0.3) is 0 Å². The number of hydrogen-bond acceptors (Lipinski definition) is 3. The molecule has 1 atom stereocenters. The molecule has 0 heterocycles. The summed E-state index contributed by atoms with van der Waals surface area (Å²) >= 11 is 0. The zero-order chi connectivity index (χ0) is 9.40. The van der Waals surface area contributed by atoms with Crippen molar-refractivity contribution in [3.63, 3.8) is 0 Å². The van der Waals surface area contributed by atoms with Crippen LogP contribution in [-0.4, -0.2) is 25.0 Å². The van der Waals surface area contributed by atoms with Crippen molar-refractivity contribution in [3.05, 3.63) is 0 Å². The zero-order valence-corrected chi connectivity index (χ0v) is 7.68. The van der Waals surface area contributed by atoms with Crippen molar-refractivity contribution in [1.82, 2.24) is 5.32 Å². The maximum atomic E-state index is 10.9. The Bertz CT molecular complexity index is 125. The molecule has 0 rings (SSSR count). The van der Waals surface area contributed by atoms with Gasteiger partial charge < -0.3 is 16.8 Å². The number of carbonyl (C=O) groups excluding carboxylic acids is 1. The summed E-state index contributed by atoms with van der Waals surface area (Å²) in [4.78, 5) is 10.9. The lowest BCUT2D eigenvalue weighted by Gasteiger charge is -2.06. The van der Waals surface area contributed by atoms with Crippen molar-refractivity contribution in [3.8, 4) is 0 Å². The molecule has 0 unspecified atom stereocenters. The summed E-state index contributed by atoms with van der Waals surface area (Å²) < 4.78 is 0. The van der Waals surface area contributed by atoms with Gasteiger partial charge in [0.15, 0.2) is 0 Å². The second-order valence-electron chi connectivity index (χ2n) is 2.93. The van der Waals surface area contributed by atoms with E-state index >= 15 is 0 Å². The van der Waals surface area contributed by atoms with Gasteiger partial charge in [-0.2, -0.15) is 0 Å². The van der Waals surface area contributed by atoms with Crippen LogP contribution < -0.4 is 16.8 Å². The van der Waals surface area contributed by atoms with Crippen LogP contribution in [0.4, 0.5) is 0 Å². The molecule has 0 aliphatic carbocycles. The van der Waals surface area contributed by atoms with Crippen LogP contribution in [0.1, 0.15) is 26.2 Å². The number of hydrogen-bond donors (Lipinski definition) is 3. The van der Waals surface area contributed by atoms with Crippen molar-refractivity contribution in [2.75, 3.05) is 13.1 Å². The number of rotatable bonds is 6. The Kier molecular flexibility index (Phi) is 6.70. The van der Waals surface area contributed by atoms with E-state index in [4.69, 9.17) is 11.5 Å². The average Bonchev–Trinajstić information content (AvgIpc) is 2.03. The topological polar surface area (TPSA) is 81.1 Å². The minimum atomic E-state index is -0.403. The highest BCUT2D eigenvalue weighted by molar-refractivity contribution is 5.80. The van der Waals surface area contributed by atoms with Gasteiger partial charge in [-0.05, 0) is 26.3 Å². The molecule has 0 aliphatic rings. The summed E-state index contributed by atoms with van der Waals surface area (Å²) in [6.45, 7) is 3.11. The molecule has 0 bridgehead atoms. The molecule has 4 heteroatoms. The molecule has 0 aromatic rings. The molecule has 12 heavy (non-hydrogen) atoms. The number of carbonyl (C=O) groups is 1. The lowest BCUT2D eigenvalue weighted by molar-refractivity contribution is -0.121. The maximum Gasteiger partial charge on any atom is 0.236 e. The Hall–Kier alpha value is -0.610. The Morgan fingerprint density at radius 3 is 2.58 bits per heavy atom. The van der Waals surface area contributed by atoms with Gasteiger partial charge in [0.1, 0.15) is 0 Å². The molecule has 0 radical (unpaired) electrons. The zero-order valence-electron chi connectivity index (χ0n) is 7.68. The van der Waals surface area contributed by atoms with Crippen molar-refractivity contribution >= 4 is 5.91 Å². The SMILES string of the molecule is C[C@H](N)C(=O)NCCCCCN. The van der Waals surface area contributed by atoms with Crippen LogP contribution in [0.25, 0.3) is 0 Å². The van der Waals surface area contributed by atoms with Crippen LogP contribution in [0.3, 0.4) is 0 Å². The first-order valence-electron chi connectivity index (χ1n) is 4.42. The van der Waals surface area contributed by atoms with E-state index in [1.54, 1.807) is 6.92 Å². The van der Waals surface area contributed by atoms with Gasteiger partial charge in [-0.3, -0.25) is 4.79 Å². The standard InChI is InChI=1S/C8H19N3O/c1-7(10)8(12)11-6-4-2-3-5-9/h7H,2-6,9-10H2,1H3,(H,11,12)/t7-/m0/s1. The highest BCUT2D eigenvalue weighted by Gasteiger charge is 2.04. The number of nitrogens with one attached hydrogen (secondary N) is 1. The Morgan fingerprint density at radius 2 is 2.08 bits per heavy atom. The molecular weight excluding hydrogens is 154 g/mol. The molecule has 0 aromatic heterocycles. The van der Waals surface area contributed by atoms with Crippen molar-refractivity contribution < 1.29 is 4.79 Å². The Balaban J connectivity index is 3.14. The fraction of sp³-hybridized carbons (Fsp3) is 0.875. The first kappa shape index (κ1) is 11.4. The third-order valence-electron chi connectivity index (χ3n) is 1.59. The van der Waals surface area contributed by atoms with Gasteiger partial charge >= 0.3 is 0 Å². The van der Waals surface area contributed by atoms with E-state index in [9.17, 15) is 4.79 Å². The van der Waals surface area contributed by atoms with Crippen LogP contribution in [0.15, 0.2) is 0 Å². The van der Waals surface area contributed by atoms with E-state index in [2.05, 4.69) is 5.32 Å². The van der Waals surface area contributed by atoms with Gasteiger partial charge in [-0.25, -0.2) is 0 Å². The van der Waals surface area contributed by atoms with E-state index in [0.717, 1.165) is 25.8 Å². The third-order valence-corrected chi connectivity index (χ3v) is 1.59. The highest BCUT2D eigenvalue weighted by atomic mass is 16.2. The monoisotopic (exact) mass is 173 g/mol. The fourth-order valence-electron chi connectivity index (χ4n) is 0.819. The first-order valence-corrected chi connectivity index (χ1v) is 4.42. The molecule has 0 aliphatic heterocycles. The summed E-state index contributed by atoms with van der Waals surface area (Å²) in [7, 11) is 0. The minimum Gasteiger partial charge on any atom is -0.355 e. The Morgan fingerprint density at radius 1 is 1.42 bits per heavy atom. The molecule has 0 spiro atoms. The average molecular weight is 173 g/mol. The molecule has 4 nitrogen and oxygen atoms in total. The summed E-state index contributed by atoms with van der Waals surface area (Å²) in [5.74, 6) is -0.0808. The maximum absolute atomic E-state index is 10.9. The predicted octanol–water partition coefficient (Wildman–Crippen LogP) is -0.421. The molecule has 1 amide bonds. The molecule has 0 saturated carbocycles. The van der Waals surface area contributed by atoms with Gasteiger partial charge in [-0.15, -0.1) is 0 Å². The smallest absolute Gasteiger partial charge is 0.236 e. The van der Waals surface area contributed by atoms with Crippen LogP contribution in [0.2, 0.25) is 0 Å². The largest absolute Gasteiger partial charge is 0.355 e. The second kappa shape index (κ2) is 7.06. The molecule has 0 aromatic carbocycles. The normalized spacial score (nSPS) is 12.6. The molecule has 0 fully saturated rings. The molecule has 0 saturated heterocycles. The van der Waals surface area contributed by atoms with Gasteiger partial charge in [-0.1, -0.05) is 6.42 Å². The van der Waals surface area contributed by atoms with Crippen molar-refractivity contribution in [2.45, 2.75) is 32.2 Å². The van der Waals surface area contributed by atoms with E-state index in [-0.39, 0.29) is 5.91 Å². The van der Waals surface area contributed by atoms with Crippen molar-refractivity contribution in [2.24, 2.45) is 11.5 Å². The van der Waals surface area contributed by atoms with Crippen molar-refractivity contribution in [1.29, 1.82) is 0 Å². The van der Waals surface area contributed by atoms with Crippen LogP contribution >= 0.6 is 0 Å². The summed E-state index contributed by atoms with van der Waals surface area (Å²) in [6.07, 6.45) is 3.07. The number of amides is 1. The summed E-state index contributed by atoms with van der Waals surface area (Å²) in [6, 6.07) is -0.403. The fourth-order valence-corrected chi connectivity index (χ4v) is 0.819. The lowest BCUT2D eigenvalue weighted by Crippen LogP contribution is -2.38. The lowest BCUT2D eigenvalue weighted by atomic mass is 10.2. The van der Waals surface area contributed by atoms with Gasteiger partial charge in [0, 0.05) is 6.54 Å². The quantitative estimate of drug-likeness (QED) is 0.477. The van der Waals surface area contributed by atoms with E-state index in [1.165, 1.54) is 0 Å². The summed E-state index contributed by atoms with van der Waals surface area (Å²) in [5.41, 5.74) is 10.7. The number of nitrogens with two attached hydrogens (primary N) is 2. The third kappa shape index (κ3) is 6.12.